The molecule has 1 saturated heterocycles. The van der Waals surface area contributed by atoms with E-state index in [1.54, 1.807) is 0 Å². The Bertz CT molecular complexity index is 761. The van der Waals surface area contributed by atoms with Gasteiger partial charge in [-0.1, -0.05) is 17.8 Å². The maximum absolute atomic E-state index is 12.1. The van der Waals surface area contributed by atoms with E-state index in [2.05, 4.69) is 0 Å². The second-order valence-corrected chi connectivity index (χ2v) is 6.19. The average molecular weight is 352 g/mol. The van der Waals surface area contributed by atoms with E-state index in [0.717, 1.165) is 11.8 Å². The number of ether oxygens (including phenoxy) is 2. The summed E-state index contributed by atoms with van der Waals surface area (Å²) in [5, 5.41) is 19.9. The van der Waals surface area contributed by atoms with Gasteiger partial charge >= 0.3 is 5.97 Å². The second kappa shape index (κ2) is 6.13. The molecule has 1 amide bonds. The van der Waals surface area contributed by atoms with Gasteiger partial charge in [-0.3, -0.25) is 19.8 Å². The van der Waals surface area contributed by atoms with Crippen molar-refractivity contribution in [2.24, 2.45) is 0 Å². The first-order chi connectivity index (χ1) is 11.4. The number of benzene rings is 1. The van der Waals surface area contributed by atoms with Crippen molar-refractivity contribution in [1.82, 2.24) is 4.90 Å². The van der Waals surface area contributed by atoms with Gasteiger partial charge in [-0.25, -0.2) is 4.79 Å². The van der Waals surface area contributed by atoms with E-state index in [0.29, 0.717) is 0 Å². The summed E-state index contributed by atoms with van der Waals surface area (Å²) in [7, 11) is 0. The number of thioether (sulfide) groups is 1. The molecular weight excluding hydrogens is 340 g/mol. The van der Waals surface area contributed by atoms with Crippen molar-refractivity contribution < 1.29 is 29.1 Å². The number of aliphatic hydroxyl groups excluding tert-OH is 1. The fraction of sp³-hybridized carbons (Fsp3) is 0.286. The van der Waals surface area contributed by atoms with Crippen LogP contribution in [0.25, 0.3) is 0 Å². The van der Waals surface area contributed by atoms with Crippen molar-refractivity contribution in [3.8, 4) is 5.75 Å². The molecule has 1 aromatic rings. The number of fused-ring (bicyclic) bond motifs is 1. The summed E-state index contributed by atoms with van der Waals surface area (Å²) in [5.41, 5.74) is -0.266. The SMILES string of the molecule is C[C@H](O)OC(=O)C1=C(Oc2cccc([N+](=O)[O-])c2)S[C@@H]2CC(=O)N12. The summed E-state index contributed by atoms with van der Waals surface area (Å²) in [6.45, 7) is 1.26. The highest BCUT2D eigenvalue weighted by Crippen LogP contribution is 2.47. The average Bonchev–Trinajstić information content (AvgIpc) is 2.79. The van der Waals surface area contributed by atoms with Gasteiger partial charge in [-0.15, -0.1) is 0 Å². The highest BCUT2D eigenvalue weighted by Gasteiger charge is 2.50. The molecule has 1 N–H and O–H groups in total. The normalized spacial score (nSPS) is 20.3. The van der Waals surface area contributed by atoms with Crippen LogP contribution in [0.2, 0.25) is 0 Å². The third-order valence-corrected chi connectivity index (χ3v) is 4.43. The lowest BCUT2D eigenvalue weighted by Gasteiger charge is -2.33. The van der Waals surface area contributed by atoms with Crippen LogP contribution in [0.5, 0.6) is 5.75 Å². The lowest BCUT2D eigenvalue weighted by atomic mass is 10.2. The van der Waals surface area contributed by atoms with Gasteiger partial charge in [0.25, 0.3) is 5.69 Å². The second-order valence-electron chi connectivity index (χ2n) is 5.04. The zero-order valence-corrected chi connectivity index (χ0v) is 13.2. The minimum Gasteiger partial charge on any atom is -0.448 e. The lowest BCUT2D eigenvalue weighted by Crippen LogP contribution is -2.48. The molecule has 2 atom stereocenters. The van der Waals surface area contributed by atoms with Crippen LogP contribution < -0.4 is 4.74 Å². The molecule has 2 aliphatic rings. The molecule has 0 aromatic heterocycles. The molecular formula is C14H12N2O7S. The molecule has 1 aromatic carbocycles. The number of hydrogen-bond acceptors (Lipinski definition) is 8. The third-order valence-electron chi connectivity index (χ3n) is 3.29. The third kappa shape index (κ3) is 2.93. The summed E-state index contributed by atoms with van der Waals surface area (Å²) < 4.78 is 10.3. The molecule has 0 aliphatic carbocycles. The Hall–Kier alpha value is -2.59. The van der Waals surface area contributed by atoms with E-state index in [1.165, 1.54) is 36.1 Å². The topological polar surface area (TPSA) is 119 Å². The number of β-lactam (4-membered cyclic amide) rings is 1. The molecule has 126 valence electrons. The summed E-state index contributed by atoms with van der Waals surface area (Å²) in [6.07, 6.45) is -1.10. The van der Waals surface area contributed by atoms with Crippen LogP contribution >= 0.6 is 11.8 Å². The number of aliphatic hydroxyl groups is 1. The monoisotopic (exact) mass is 352 g/mol. The molecule has 0 unspecified atom stereocenters. The van der Waals surface area contributed by atoms with Crippen LogP contribution in [-0.2, 0) is 14.3 Å². The van der Waals surface area contributed by atoms with Gasteiger partial charge in [0.05, 0.1) is 22.8 Å². The number of amides is 1. The first-order valence-electron chi connectivity index (χ1n) is 6.91. The van der Waals surface area contributed by atoms with Crippen LogP contribution in [0.1, 0.15) is 13.3 Å². The van der Waals surface area contributed by atoms with E-state index in [9.17, 15) is 24.8 Å². The standard InChI is InChI=1S/C14H12N2O7S/c1-7(17)22-13(19)12-14(24-11-6-10(18)15(11)12)23-9-4-2-3-8(5-9)16(20)21/h2-5,7,11,17H,6H2,1H3/t7-,11-/m1/s1. The first kappa shape index (κ1) is 16.3. The number of nitro benzene ring substituents is 1. The van der Waals surface area contributed by atoms with Gasteiger partial charge in [0, 0.05) is 6.07 Å². The Morgan fingerprint density at radius 1 is 1.54 bits per heavy atom. The van der Waals surface area contributed by atoms with Gasteiger partial charge in [-0.05, 0) is 13.0 Å². The van der Waals surface area contributed by atoms with Crippen molar-refractivity contribution in [3.05, 3.63) is 45.2 Å². The predicted molar refractivity (Wildman–Crippen MR) is 81.4 cm³/mol. The molecule has 2 heterocycles. The number of hydrogen-bond donors (Lipinski definition) is 1. The molecule has 9 nitrogen and oxygen atoms in total. The molecule has 0 bridgehead atoms. The Labute approximate surface area is 140 Å². The number of rotatable bonds is 5. The maximum Gasteiger partial charge on any atom is 0.361 e. The van der Waals surface area contributed by atoms with Gasteiger partial charge in [-0.2, -0.15) is 0 Å². The summed E-state index contributed by atoms with van der Waals surface area (Å²) in [4.78, 5) is 35.3. The number of nitrogens with zero attached hydrogens (tertiary/aromatic N) is 2. The highest BCUT2D eigenvalue weighted by molar-refractivity contribution is 8.03. The number of non-ortho nitro benzene ring substituents is 1. The zero-order valence-electron chi connectivity index (χ0n) is 12.4. The largest absolute Gasteiger partial charge is 0.448 e. The van der Waals surface area contributed by atoms with Crippen LogP contribution in [-0.4, -0.2) is 38.5 Å². The van der Waals surface area contributed by atoms with E-state index in [-0.39, 0.29) is 39.9 Å². The Balaban J connectivity index is 1.90. The molecule has 24 heavy (non-hydrogen) atoms. The molecule has 0 spiro atoms. The van der Waals surface area contributed by atoms with Gasteiger partial charge in [0.15, 0.2) is 17.1 Å². The van der Waals surface area contributed by atoms with Crippen LogP contribution in [0.15, 0.2) is 35.1 Å². The van der Waals surface area contributed by atoms with Crippen LogP contribution in [0.4, 0.5) is 5.69 Å². The zero-order chi connectivity index (χ0) is 17.4. The number of carbonyl (C=O) groups is 2. The fourth-order valence-electron chi connectivity index (χ4n) is 2.26. The van der Waals surface area contributed by atoms with Crippen LogP contribution in [0, 0.1) is 10.1 Å². The van der Waals surface area contributed by atoms with E-state index < -0.39 is 17.2 Å². The molecule has 2 aliphatic heterocycles. The Kier molecular flexibility index (Phi) is 4.16. The Morgan fingerprint density at radius 3 is 2.92 bits per heavy atom. The molecule has 0 saturated carbocycles. The fourth-order valence-corrected chi connectivity index (χ4v) is 3.50. The summed E-state index contributed by atoms with van der Waals surface area (Å²) >= 11 is 1.15. The molecule has 10 heteroatoms. The highest BCUT2D eigenvalue weighted by atomic mass is 32.2. The summed E-state index contributed by atoms with van der Waals surface area (Å²) in [6, 6.07) is 5.46. The summed E-state index contributed by atoms with van der Waals surface area (Å²) in [5.74, 6) is -1.000. The first-order valence-corrected chi connectivity index (χ1v) is 7.79. The van der Waals surface area contributed by atoms with E-state index in [1.807, 2.05) is 0 Å². The van der Waals surface area contributed by atoms with Crippen molar-refractivity contribution in [1.29, 1.82) is 0 Å². The van der Waals surface area contributed by atoms with Gasteiger partial charge in [0.1, 0.15) is 5.75 Å². The minimum atomic E-state index is -1.34. The number of nitro groups is 1. The quantitative estimate of drug-likeness (QED) is 0.277. The van der Waals surface area contributed by atoms with E-state index in [4.69, 9.17) is 9.47 Å². The number of esters is 1. The smallest absolute Gasteiger partial charge is 0.361 e. The maximum atomic E-state index is 12.1. The van der Waals surface area contributed by atoms with Crippen molar-refractivity contribution in [3.63, 3.8) is 0 Å². The van der Waals surface area contributed by atoms with Crippen molar-refractivity contribution >= 4 is 29.3 Å². The minimum absolute atomic E-state index is 0.103. The lowest BCUT2D eigenvalue weighted by molar-refractivity contribution is -0.384. The van der Waals surface area contributed by atoms with E-state index >= 15 is 0 Å². The van der Waals surface area contributed by atoms with Gasteiger partial charge < -0.3 is 14.6 Å². The molecule has 0 radical (unpaired) electrons. The van der Waals surface area contributed by atoms with Crippen LogP contribution in [0.3, 0.4) is 0 Å². The predicted octanol–water partition coefficient (Wildman–Crippen LogP) is 1.33. The van der Waals surface area contributed by atoms with Gasteiger partial charge in [0.2, 0.25) is 5.91 Å². The van der Waals surface area contributed by atoms with Crippen molar-refractivity contribution in [2.45, 2.75) is 25.0 Å². The molecule has 1 fully saturated rings. The number of carbonyl (C=O) groups excluding carboxylic acids is 2. The Morgan fingerprint density at radius 2 is 2.29 bits per heavy atom. The molecule has 3 rings (SSSR count). The van der Waals surface area contributed by atoms with Crippen molar-refractivity contribution in [2.75, 3.05) is 0 Å².